The van der Waals surface area contributed by atoms with E-state index >= 15 is 0 Å². The molecule has 0 amide bonds. The third kappa shape index (κ3) is 2.85. The summed E-state index contributed by atoms with van der Waals surface area (Å²) in [6.45, 7) is 16.5. The van der Waals surface area contributed by atoms with Gasteiger partial charge in [0.2, 0.25) is 0 Å². The summed E-state index contributed by atoms with van der Waals surface area (Å²) in [7, 11) is 0. The molecule has 0 bridgehead atoms. The first-order valence-corrected chi connectivity index (χ1v) is 9.10. The average molecular weight is 300 g/mol. The van der Waals surface area contributed by atoms with E-state index in [-0.39, 0.29) is 11.0 Å². The molecule has 1 aliphatic heterocycles. The molecule has 1 heteroatoms. The van der Waals surface area contributed by atoms with Gasteiger partial charge in [-0.15, -0.1) is 0 Å². The second-order valence-electron chi connectivity index (χ2n) is 9.32. The number of rotatable bonds is 0. The molecule has 122 valence electrons. The Morgan fingerprint density at radius 1 is 0.818 bits per heavy atom. The van der Waals surface area contributed by atoms with Crippen LogP contribution in [0.3, 0.4) is 0 Å². The van der Waals surface area contributed by atoms with Gasteiger partial charge >= 0.3 is 0 Å². The smallest absolute Gasteiger partial charge is 0.0242 e. The largest absolute Gasteiger partial charge is 0.294 e. The van der Waals surface area contributed by atoms with Crippen LogP contribution in [-0.4, -0.2) is 17.0 Å². The average Bonchev–Trinajstić information content (AvgIpc) is 2.44. The molecule has 0 saturated carbocycles. The van der Waals surface area contributed by atoms with E-state index in [1.165, 1.54) is 38.6 Å². The van der Waals surface area contributed by atoms with Crippen molar-refractivity contribution in [3.63, 3.8) is 0 Å². The molecular formula is C21H33N. The molecule has 0 atom stereocenters. The van der Waals surface area contributed by atoms with Crippen LogP contribution in [0.5, 0.6) is 0 Å². The second kappa shape index (κ2) is 5.37. The molecule has 0 spiro atoms. The lowest BCUT2D eigenvalue weighted by atomic mass is 9.74. The Kier molecular flexibility index (Phi) is 3.92. The minimum absolute atomic E-state index is 0.264. The van der Waals surface area contributed by atoms with E-state index in [2.05, 4.69) is 52.5 Å². The highest BCUT2D eigenvalue weighted by Crippen LogP contribution is 2.39. The highest BCUT2D eigenvalue weighted by atomic mass is 15.2. The Labute approximate surface area is 137 Å². The van der Waals surface area contributed by atoms with Crippen LogP contribution in [0.15, 0.2) is 6.07 Å². The Hall–Kier alpha value is -0.820. The van der Waals surface area contributed by atoms with Crippen LogP contribution in [0, 0.1) is 0 Å². The van der Waals surface area contributed by atoms with Crippen molar-refractivity contribution in [1.29, 1.82) is 0 Å². The van der Waals surface area contributed by atoms with E-state index in [0.29, 0.717) is 0 Å². The first-order valence-electron chi connectivity index (χ1n) is 9.10. The van der Waals surface area contributed by atoms with Gasteiger partial charge in [-0.2, -0.15) is 0 Å². The van der Waals surface area contributed by atoms with Crippen LogP contribution < -0.4 is 0 Å². The lowest BCUT2D eigenvalue weighted by molar-refractivity contribution is 0.120. The molecular weight excluding hydrogens is 266 g/mol. The minimum Gasteiger partial charge on any atom is -0.294 e. The minimum atomic E-state index is 0.264. The summed E-state index contributed by atoms with van der Waals surface area (Å²) in [4.78, 5) is 2.65. The van der Waals surface area contributed by atoms with Crippen LogP contribution in [0.1, 0.15) is 82.2 Å². The number of hydrogen-bond donors (Lipinski definition) is 0. The van der Waals surface area contributed by atoms with Crippen molar-refractivity contribution in [3.05, 3.63) is 33.9 Å². The van der Waals surface area contributed by atoms with E-state index < -0.39 is 0 Å². The van der Waals surface area contributed by atoms with Crippen molar-refractivity contribution in [2.24, 2.45) is 0 Å². The number of fused-ring (bicyclic) bond motifs is 3. The van der Waals surface area contributed by atoms with Crippen LogP contribution in [0.4, 0.5) is 0 Å². The maximum absolute atomic E-state index is 2.65. The molecule has 3 rings (SSSR count). The van der Waals surface area contributed by atoms with E-state index in [1.54, 1.807) is 27.8 Å². The van der Waals surface area contributed by atoms with E-state index in [1.807, 2.05) is 0 Å². The van der Waals surface area contributed by atoms with Gasteiger partial charge in [0.25, 0.3) is 0 Å². The summed E-state index contributed by atoms with van der Waals surface area (Å²) in [5.41, 5.74) is 8.94. The van der Waals surface area contributed by atoms with Gasteiger partial charge in [-0.1, -0.05) is 26.8 Å². The summed E-state index contributed by atoms with van der Waals surface area (Å²) in [5.74, 6) is 0. The molecule has 0 saturated heterocycles. The van der Waals surface area contributed by atoms with Crippen molar-refractivity contribution in [2.75, 3.05) is 6.54 Å². The van der Waals surface area contributed by atoms with Gasteiger partial charge in [0.05, 0.1) is 0 Å². The molecule has 1 heterocycles. The Balaban J connectivity index is 2.10. The first-order chi connectivity index (χ1) is 10.2. The van der Waals surface area contributed by atoms with E-state index in [4.69, 9.17) is 0 Å². The van der Waals surface area contributed by atoms with Crippen LogP contribution in [0.2, 0.25) is 0 Å². The normalized spacial score (nSPS) is 19.7. The Morgan fingerprint density at radius 3 is 2.05 bits per heavy atom. The van der Waals surface area contributed by atoms with Gasteiger partial charge in [0.15, 0.2) is 0 Å². The van der Waals surface area contributed by atoms with Crippen LogP contribution in [0.25, 0.3) is 0 Å². The van der Waals surface area contributed by atoms with Gasteiger partial charge < -0.3 is 0 Å². The number of nitrogens with zero attached hydrogens (tertiary/aromatic N) is 1. The van der Waals surface area contributed by atoms with E-state index in [0.717, 1.165) is 6.54 Å². The van der Waals surface area contributed by atoms with Gasteiger partial charge in [0.1, 0.15) is 0 Å². The molecule has 0 radical (unpaired) electrons. The third-order valence-electron chi connectivity index (χ3n) is 5.61. The number of benzene rings is 1. The van der Waals surface area contributed by atoms with Crippen molar-refractivity contribution in [3.8, 4) is 0 Å². The molecule has 1 nitrogen and oxygen atoms in total. The summed E-state index contributed by atoms with van der Waals surface area (Å²) in [6.07, 6.45) is 6.63. The van der Waals surface area contributed by atoms with Gasteiger partial charge in [-0.25, -0.2) is 0 Å². The fourth-order valence-electron chi connectivity index (χ4n) is 4.30. The van der Waals surface area contributed by atoms with Crippen molar-refractivity contribution >= 4 is 0 Å². The first kappa shape index (κ1) is 16.1. The van der Waals surface area contributed by atoms with Crippen LogP contribution >= 0.6 is 0 Å². The summed E-state index contributed by atoms with van der Waals surface area (Å²) < 4.78 is 0. The highest BCUT2D eigenvalue weighted by molar-refractivity contribution is 5.50. The SMILES string of the molecule is CC(C)(C)c1cc2c(c3c1CCCC3)CCN(C(C)(C)C)C2. The van der Waals surface area contributed by atoms with Gasteiger partial charge in [0, 0.05) is 18.6 Å². The fourth-order valence-corrected chi connectivity index (χ4v) is 4.30. The Bertz CT molecular complexity index is 569. The van der Waals surface area contributed by atoms with Crippen LogP contribution in [-0.2, 0) is 31.2 Å². The fraction of sp³-hybridized carbons (Fsp3) is 0.714. The zero-order valence-electron chi connectivity index (χ0n) is 15.5. The van der Waals surface area contributed by atoms with Crippen molar-refractivity contribution in [2.45, 2.75) is 91.1 Å². The second-order valence-corrected chi connectivity index (χ2v) is 9.32. The van der Waals surface area contributed by atoms with Crippen molar-refractivity contribution < 1.29 is 0 Å². The molecule has 1 aromatic carbocycles. The third-order valence-corrected chi connectivity index (χ3v) is 5.61. The van der Waals surface area contributed by atoms with Gasteiger partial charge in [-0.3, -0.25) is 4.90 Å². The van der Waals surface area contributed by atoms with Crippen molar-refractivity contribution in [1.82, 2.24) is 4.90 Å². The lowest BCUT2D eigenvalue weighted by Crippen LogP contribution is -2.44. The maximum Gasteiger partial charge on any atom is 0.0242 e. The zero-order valence-corrected chi connectivity index (χ0v) is 15.5. The summed E-state index contributed by atoms with van der Waals surface area (Å²) in [6, 6.07) is 2.57. The highest BCUT2D eigenvalue weighted by Gasteiger charge is 2.31. The summed E-state index contributed by atoms with van der Waals surface area (Å²) in [5, 5.41) is 0. The van der Waals surface area contributed by atoms with E-state index in [9.17, 15) is 0 Å². The molecule has 0 N–H and O–H groups in total. The zero-order chi connectivity index (χ0) is 16.1. The monoisotopic (exact) mass is 299 g/mol. The molecule has 0 aromatic heterocycles. The quantitative estimate of drug-likeness (QED) is 0.650. The molecule has 0 fully saturated rings. The molecule has 2 aliphatic rings. The number of hydrogen-bond acceptors (Lipinski definition) is 1. The molecule has 0 unspecified atom stereocenters. The molecule has 22 heavy (non-hydrogen) atoms. The lowest BCUT2D eigenvalue weighted by Gasteiger charge is -2.41. The topological polar surface area (TPSA) is 3.24 Å². The standard InChI is InChI=1S/C21H33N/c1-20(2,3)19-13-15-14-22(21(4,5)6)12-11-16(15)17-9-7-8-10-18(17)19/h13H,7-12,14H2,1-6H3. The summed E-state index contributed by atoms with van der Waals surface area (Å²) >= 11 is 0. The predicted octanol–water partition coefficient (Wildman–Crippen LogP) is 5.02. The maximum atomic E-state index is 2.65. The van der Waals surface area contributed by atoms with Gasteiger partial charge in [-0.05, 0) is 86.1 Å². The Morgan fingerprint density at radius 2 is 1.45 bits per heavy atom. The molecule has 1 aromatic rings. The predicted molar refractivity (Wildman–Crippen MR) is 95.7 cm³/mol. The molecule has 1 aliphatic carbocycles.